The Hall–Kier alpha value is -0.860. The van der Waals surface area contributed by atoms with Gasteiger partial charge in [0.1, 0.15) is 0 Å². The van der Waals surface area contributed by atoms with Crippen LogP contribution in [0, 0.1) is 17.8 Å². The van der Waals surface area contributed by atoms with Crippen molar-refractivity contribution in [2.75, 3.05) is 0 Å². The van der Waals surface area contributed by atoms with E-state index in [1.807, 2.05) is 6.07 Å². The van der Waals surface area contributed by atoms with Crippen LogP contribution in [0.25, 0.3) is 0 Å². The molecular formula is C17H22O2. The minimum absolute atomic E-state index is 0.0644. The number of hydrogen-bond acceptors (Lipinski definition) is 2. The molecule has 2 heteroatoms. The van der Waals surface area contributed by atoms with Crippen LogP contribution in [0.4, 0.5) is 0 Å². The van der Waals surface area contributed by atoms with Gasteiger partial charge in [-0.3, -0.25) is 0 Å². The summed E-state index contributed by atoms with van der Waals surface area (Å²) in [5, 5.41) is 0. The summed E-state index contributed by atoms with van der Waals surface area (Å²) in [6.45, 7) is 5.24. The van der Waals surface area contributed by atoms with Gasteiger partial charge >= 0.3 is 0 Å². The molecule has 2 bridgehead atoms. The fraction of sp³-hybridized carbons (Fsp3) is 0.647. The molecule has 3 aliphatic rings. The fourth-order valence-corrected chi connectivity index (χ4v) is 4.64. The van der Waals surface area contributed by atoms with E-state index < -0.39 is 0 Å². The van der Waals surface area contributed by atoms with Crippen molar-refractivity contribution in [3.8, 4) is 0 Å². The second kappa shape index (κ2) is 4.07. The van der Waals surface area contributed by atoms with Gasteiger partial charge in [-0.15, -0.1) is 0 Å². The molecule has 4 rings (SSSR count). The van der Waals surface area contributed by atoms with Crippen molar-refractivity contribution in [1.82, 2.24) is 0 Å². The van der Waals surface area contributed by atoms with Gasteiger partial charge in [0.2, 0.25) is 0 Å². The topological polar surface area (TPSA) is 18.5 Å². The van der Waals surface area contributed by atoms with Crippen LogP contribution in [0.5, 0.6) is 0 Å². The molecule has 1 aromatic carbocycles. The van der Waals surface area contributed by atoms with E-state index in [0.717, 1.165) is 24.4 Å². The SMILES string of the molecule is CC1(C)OC2C3CC(CC31)[C@H]2OCc1ccccc1. The number of fused-ring (bicyclic) bond motifs is 1. The van der Waals surface area contributed by atoms with Gasteiger partial charge in [-0.25, -0.2) is 0 Å². The van der Waals surface area contributed by atoms with Crippen LogP contribution in [0.15, 0.2) is 30.3 Å². The Morgan fingerprint density at radius 1 is 1.21 bits per heavy atom. The first-order valence-corrected chi connectivity index (χ1v) is 7.48. The lowest BCUT2D eigenvalue weighted by molar-refractivity contribution is -0.0978. The molecular weight excluding hydrogens is 236 g/mol. The Morgan fingerprint density at radius 3 is 2.79 bits per heavy atom. The van der Waals surface area contributed by atoms with E-state index >= 15 is 0 Å². The molecule has 2 nitrogen and oxygen atoms in total. The first-order chi connectivity index (χ1) is 9.15. The zero-order valence-electron chi connectivity index (χ0n) is 11.7. The predicted molar refractivity (Wildman–Crippen MR) is 73.7 cm³/mol. The zero-order chi connectivity index (χ0) is 13.0. The van der Waals surface area contributed by atoms with Gasteiger partial charge < -0.3 is 9.47 Å². The molecule has 0 amide bonds. The summed E-state index contributed by atoms with van der Waals surface area (Å²) in [5.74, 6) is 2.24. The van der Waals surface area contributed by atoms with E-state index in [2.05, 4.69) is 38.1 Å². The molecule has 0 N–H and O–H groups in total. The molecule has 3 fully saturated rings. The third-order valence-corrected chi connectivity index (χ3v) is 5.48. The molecule has 4 unspecified atom stereocenters. The highest BCUT2D eigenvalue weighted by Gasteiger charge is 2.63. The van der Waals surface area contributed by atoms with E-state index in [-0.39, 0.29) is 5.60 Å². The van der Waals surface area contributed by atoms with Crippen LogP contribution in [-0.4, -0.2) is 17.8 Å². The number of benzene rings is 1. The van der Waals surface area contributed by atoms with Crippen LogP contribution in [0.2, 0.25) is 0 Å². The van der Waals surface area contributed by atoms with Crippen LogP contribution in [0.3, 0.4) is 0 Å². The molecule has 5 atom stereocenters. The third kappa shape index (κ3) is 1.77. The summed E-state index contributed by atoms with van der Waals surface area (Å²) in [6, 6.07) is 10.5. The van der Waals surface area contributed by atoms with Crippen molar-refractivity contribution in [3.63, 3.8) is 0 Å². The number of hydrogen-bond donors (Lipinski definition) is 0. The molecule has 0 spiro atoms. The highest BCUT2D eigenvalue weighted by Crippen LogP contribution is 2.60. The second-order valence-electron chi connectivity index (χ2n) is 6.95. The predicted octanol–water partition coefficient (Wildman–Crippen LogP) is 3.41. The van der Waals surface area contributed by atoms with E-state index in [1.54, 1.807) is 0 Å². The molecule has 19 heavy (non-hydrogen) atoms. The van der Waals surface area contributed by atoms with Gasteiger partial charge in [-0.1, -0.05) is 30.3 Å². The van der Waals surface area contributed by atoms with E-state index in [0.29, 0.717) is 12.2 Å². The highest BCUT2D eigenvalue weighted by molar-refractivity contribution is 5.15. The molecule has 0 aromatic heterocycles. The Morgan fingerprint density at radius 2 is 2.00 bits per heavy atom. The minimum Gasteiger partial charge on any atom is -0.371 e. The summed E-state index contributed by atoms with van der Waals surface area (Å²) in [5.41, 5.74) is 1.33. The number of rotatable bonds is 3. The highest BCUT2D eigenvalue weighted by atomic mass is 16.6. The van der Waals surface area contributed by atoms with E-state index in [1.165, 1.54) is 18.4 Å². The Kier molecular flexibility index (Phi) is 2.55. The van der Waals surface area contributed by atoms with Crippen molar-refractivity contribution >= 4 is 0 Å². The lowest BCUT2D eigenvalue weighted by atomic mass is 9.80. The molecule has 1 heterocycles. The van der Waals surface area contributed by atoms with Gasteiger partial charge in [0.15, 0.2) is 0 Å². The van der Waals surface area contributed by atoms with Gasteiger partial charge in [-0.05, 0) is 50.0 Å². The largest absolute Gasteiger partial charge is 0.371 e. The molecule has 1 aliphatic heterocycles. The van der Waals surface area contributed by atoms with Crippen LogP contribution in [0.1, 0.15) is 32.3 Å². The average Bonchev–Trinajstić information content (AvgIpc) is 3.00. The Bertz CT molecular complexity index is 467. The Labute approximate surface area is 115 Å². The van der Waals surface area contributed by atoms with E-state index in [4.69, 9.17) is 9.47 Å². The third-order valence-electron chi connectivity index (χ3n) is 5.48. The first-order valence-electron chi connectivity index (χ1n) is 7.48. The molecule has 0 radical (unpaired) electrons. The van der Waals surface area contributed by atoms with Crippen molar-refractivity contribution in [3.05, 3.63) is 35.9 Å². The summed E-state index contributed by atoms with van der Waals surface area (Å²) >= 11 is 0. The van der Waals surface area contributed by atoms with Crippen molar-refractivity contribution in [2.24, 2.45) is 17.8 Å². The van der Waals surface area contributed by atoms with Gasteiger partial charge in [0.25, 0.3) is 0 Å². The Balaban J connectivity index is 1.47. The molecule has 2 aliphatic carbocycles. The monoisotopic (exact) mass is 258 g/mol. The second-order valence-corrected chi connectivity index (χ2v) is 6.95. The normalized spacial score (nSPS) is 41.9. The standard InChI is InChI=1S/C17H22O2/c1-17(2)14-9-12-8-13(14)16(19-17)15(12)18-10-11-6-4-3-5-7-11/h3-7,12-16H,8-10H2,1-2H3/t12?,13?,14?,15-,16?/m1/s1. The van der Waals surface area contributed by atoms with Crippen molar-refractivity contribution < 1.29 is 9.47 Å². The average molecular weight is 258 g/mol. The van der Waals surface area contributed by atoms with Gasteiger partial charge in [0, 0.05) is 0 Å². The molecule has 2 saturated carbocycles. The zero-order valence-corrected chi connectivity index (χ0v) is 11.7. The van der Waals surface area contributed by atoms with Crippen LogP contribution >= 0.6 is 0 Å². The van der Waals surface area contributed by atoms with Crippen LogP contribution < -0.4 is 0 Å². The van der Waals surface area contributed by atoms with Crippen molar-refractivity contribution in [1.29, 1.82) is 0 Å². The maximum Gasteiger partial charge on any atom is 0.0878 e. The smallest absolute Gasteiger partial charge is 0.0878 e. The van der Waals surface area contributed by atoms with Gasteiger partial charge in [-0.2, -0.15) is 0 Å². The quantitative estimate of drug-likeness (QED) is 0.827. The summed E-state index contributed by atoms with van der Waals surface area (Å²) in [4.78, 5) is 0. The summed E-state index contributed by atoms with van der Waals surface area (Å²) in [6.07, 6.45) is 3.29. The maximum absolute atomic E-state index is 6.30. The van der Waals surface area contributed by atoms with E-state index in [9.17, 15) is 0 Å². The lowest BCUT2D eigenvalue weighted by Crippen LogP contribution is -2.34. The lowest BCUT2D eigenvalue weighted by Gasteiger charge is -2.27. The summed E-state index contributed by atoms with van der Waals surface area (Å²) < 4.78 is 12.5. The number of ether oxygens (including phenoxy) is 2. The maximum atomic E-state index is 6.30. The first kappa shape index (κ1) is 11.9. The van der Waals surface area contributed by atoms with Crippen molar-refractivity contribution in [2.45, 2.75) is 51.1 Å². The summed E-state index contributed by atoms with van der Waals surface area (Å²) in [7, 11) is 0. The van der Waals surface area contributed by atoms with Gasteiger partial charge in [0.05, 0.1) is 24.4 Å². The molecule has 1 aromatic rings. The molecule has 1 saturated heterocycles. The minimum atomic E-state index is 0.0644. The fourth-order valence-electron chi connectivity index (χ4n) is 4.64. The molecule has 102 valence electrons. The van der Waals surface area contributed by atoms with Crippen LogP contribution in [-0.2, 0) is 16.1 Å².